The molecule has 1 fully saturated rings. The first-order chi connectivity index (χ1) is 10.2. The van der Waals surface area contributed by atoms with E-state index in [0.29, 0.717) is 0 Å². The number of para-hydroxylation sites is 2. The predicted molar refractivity (Wildman–Crippen MR) is 82.5 cm³/mol. The summed E-state index contributed by atoms with van der Waals surface area (Å²) in [4.78, 5) is 12.2. The Kier molecular flexibility index (Phi) is 3.52. The van der Waals surface area contributed by atoms with E-state index in [1.165, 1.54) is 0 Å². The quantitative estimate of drug-likeness (QED) is 0.901. The fraction of sp³-hybridized carbons (Fsp3) is 0.235. The number of rotatable bonds is 4. The molecule has 4 nitrogen and oxygen atoms in total. The van der Waals surface area contributed by atoms with Crippen molar-refractivity contribution >= 4 is 11.7 Å². The second kappa shape index (κ2) is 5.48. The van der Waals surface area contributed by atoms with E-state index in [1.807, 2.05) is 54.6 Å². The SMILES string of the molecule is COc1ccccc1C1(NC(=O)Nc2ccccc2)CC1. The Labute approximate surface area is 124 Å². The van der Waals surface area contributed by atoms with Crippen molar-refractivity contribution in [2.45, 2.75) is 18.4 Å². The van der Waals surface area contributed by atoms with Crippen LogP contribution in [0.3, 0.4) is 0 Å². The molecule has 1 aliphatic rings. The van der Waals surface area contributed by atoms with Crippen LogP contribution in [0.25, 0.3) is 0 Å². The van der Waals surface area contributed by atoms with Crippen molar-refractivity contribution in [3.8, 4) is 5.75 Å². The highest BCUT2D eigenvalue weighted by atomic mass is 16.5. The maximum atomic E-state index is 12.2. The largest absolute Gasteiger partial charge is 0.496 e. The normalized spacial score (nSPS) is 15.1. The van der Waals surface area contributed by atoms with Crippen LogP contribution < -0.4 is 15.4 Å². The van der Waals surface area contributed by atoms with Crippen molar-refractivity contribution in [3.63, 3.8) is 0 Å². The minimum Gasteiger partial charge on any atom is -0.496 e. The van der Waals surface area contributed by atoms with Gasteiger partial charge in [-0.1, -0.05) is 36.4 Å². The molecule has 0 aliphatic heterocycles. The molecule has 2 aromatic rings. The van der Waals surface area contributed by atoms with Gasteiger partial charge in [0.05, 0.1) is 12.6 Å². The molecule has 2 amide bonds. The second-order valence-corrected chi connectivity index (χ2v) is 5.23. The van der Waals surface area contributed by atoms with E-state index in [9.17, 15) is 4.79 Å². The van der Waals surface area contributed by atoms with Crippen LogP contribution in [0.1, 0.15) is 18.4 Å². The molecule has 0 spiro atoms. The van der Waals surface area contributed by atoms with Crippen molar-refractivity contribution < 1.29 is 9.53 Å². The summed E-state index contributed by atoms with van der Waals surface area (Å²) < 4.78 is 5.40. The molecule has 0 atom stereocenters. The Morgan fingerprint density at radius 3 is 2.38 bits per heavy atom. The second-order valence-electron chi connectivity index (χ2n) is 5.23. The van der Waals surface area contributed by atoms with Gasteiger partial charge in [0.25, 0.3) is 0 Å². The molecule has 1 saturated carbocycles. The highest BCUT2D eigenvalue weighted by Gasteiger charge is 2.47. The zero-order chi connectivity index (χ0) is 14.7. The van der Waals surface area contributed by atoms with Crippen LogP contribution >= 0.6 is 0 Å². The molecule has 0 unspecified atom stereocenters. The monoisotopic (exact) mass is 282 g/mol. The number of benzene rings is 2. The Morgan fingerprint density at radius 2 is 1.71 bits per heavy atom. The molecule has 1 aliphatic carbocycles. The van der Waals surface area contributed by atoms with E-state index in [4.69, 9.17) is 4.74 Å². The molecule has 108 valence electrons. The van der Waals surface area contributed by atoms with Gasteiger partial charge < -0.3 is 15.4 Å². The lowest BCUT2D eigenvalue weighted by Crippen LogP contribution is -2.38. The Bertz CT molecular complexity index is 636. The van der Waals surface area contributed by atoms with Crippen LogP contribution in [0, 0.1) is 0 Å². The van der Waals surface area contributed by atoms with Crippen molar-refractivity contribution in [2.24, 2.45) is 0 Å². The van der Waals surface area contributed by atoms with Gasteiger partial charge in [0.2, 0.25) is 0 Å². The number of carbonyl (C=O) groups is 1. The fourth-order valence-electron chi connectivity index (χ4n) is 2.53. The van der Waals surface area contributed by atoms with Crippen LogP contribution in [0.15, 0.2) is 54.6 Å². The molecule has 0 aromatic heterocycles. The number of anilines is 1. The van der Waals surface area contributed by atoms with Gasteiger partial charge in [0.1, 0.15) is 5.75 Å². The van der Waals surface area contributed by atoms with Gasteiger partial charge in [-0.05, 0) is 31.0 Å². The van der Waals surface area contributed by atoms with Crippen LogP contribution in [-0.2, 0) is 5.54 Å². The number of nitrogens with one attached hydrogen (secondary N) is 2. The molecular weight excluding hydrogens is 264 g/mol. The van der Waals surface area contributed by atoms with Crippen molar-refractivity contribution in [2.75, 3.05) is 12.4 Å². The number of hydrogen-bond acceptors (Lipinski definition) is 2. The minimum absolute atomic E-state index is 0.190. The summed E-state index contributed by atoms with van der Waals surface area (Å²) >= 11 is 0. The number of carbonyl (C=O) groups excluding carboxylic acids is 1. The first kappa shape index (κ1) is 13.5. The average Bonchev–Trinajstić information content (AvgIpc) is 3.28. The lowest BCUT2D eigenvalue weighted by atomic mass is 10.0. The Morgan fingerprint density at radius 1 is 1.05 bits per heavy atom. The third-order valence-electron chi connectivity index (χ3n) is 3.76. The van der Waals surface area contributed by atoms with Gasteiger partial charge in [-0.3, -0.25) is 0 Å². The van der Waals surface area contributed by atoms with Crippen LogP contribution in [0.5, 0.6) is 5.75 Å². The standard InChI is InChI=1S/C17H18N2O2/c1-21-15-10-6-5-9-14(15)17(11-12-17)19-16(20)18-13-7-3-2-4-8-13/h2-10H,11-12H2,1H3,(H2,18,19,20). The van der Waals surface area contributed by atoms with Gasteiger partial charge in [-0.2, -0.15) is 0 Å². The third-order valence-corrected chi connectivity index (χ3v) is 3.76. The fourth-order valence-corrected chi connectivity index (χ4v) is 2.53. The van der Waals surface area contributed by atoms with E-state index >= 15 is 0 Å². The first-order valence-electron chi connectivity index (χ1n) is 7.01. The summed E-state index contributed by atoms with van der Waals surface area (Å²) in [6.45, 7) is 0. The number of methoxy groups -OCH3 is 1. The Balaban J connectivity index is 1.73. The highest BCUT2D eigenvalue weighted by Crippen LogP contribution is 2.48. The first-order valence-corrected chi connectivity index (χ1v) is 7.01. The lowest BCUT2D eigenvalue weighted by molar-refractivity contribution is 0.247. The van der Waals surface area contributed by atoms with Crippen molar-refractivity contribution in [1.82, 2.24) is 5.32 Å². The minimum atomic E-state index is -0.300. The molecule has 2 N–H and O–H groups in total. The van der Waals surface area contributed by atoms with E-state index in [0.717, 1.165) is 29.8 Å². The Hall–Kier alpha value is -2.49. The molecule has 0 bridgehead atoms. The van der Waals surface area contributed by atoms with Crippen LogP contribution in [0.4, 0.5) is 10.5 Å². The van der Waals surface area contributed by atoms with Gasteiger partial charge in [0.15, 0.2) is 0 Å². The number of amides is 2. The van der Waals surface area contributed by atoms with Gasteiger partial charge in [-0.25, -0.2) is 4.79 Å². The molecule has 2 aromatic carbocycles. The van der Waals surface area contributed by atoms with Crippen LogP contribution in [0.2, 0.25) is 0 Å². The van der Waals surface area contributed by atoms with E-state index < -0.39 is 0 Å². The summed E-state index contributed by atoms with van der Waals surface area (Å²) in [5.41, 5.74) is 1.52. The van der Waals surface area contributed by atoms with Crippen molar-refractivity contribution in [3.05, 3.63) is 60.2 Å². The van der Waals surface area contributed by atoms with Gasteiger partial charge >= 0.3 is 6.03 Å². The van der Waals surface area contributed by atoms with E-state index in [1.54, 1.807) is 7.11 Å². The van der Waals surface area contributed by atoms with Gasteiger partial charge in [0, 0.05) is 11.3 Å². The molecule has 21 heavy (non-hydrogen) atoms. The molecule has 4 heteroatoms. The summed E-state index contributed by atoms with van der Waals surface area (Å²) in [5, 5.41) is 5.93. The number of ether oxygens (including phenoxy) is 1. The molecule has 3 rings (SSSR count). The van der Waals surface area contributed by atoms with Gasteiger partial charge in [-0.15, -0.1) is 0 Å². The average molecular weight is 282 g/mol. The van der Waals surface area contributed by atoms with E-state index in [2.05, 4.69) is 10.6 Å². The molecule has 0 heterocycles. The molecule has 0 radical (unpaired) electrons. The maximum absolute atomic E-state index is 12.2. The zero-order valence-corrected chi connectivity index (χ0v) is 11.9. The molecular formula is C17H18N2O2. The van der Waals surface area contributed by atoms with Crippen molar-refractivity contribution in [1.29, 1.82) is 0 Å². The zero-order valence-electron chi connectivity index (χ0n) is 11.9. The third kappa shape index (κ3) is 2.84. The van der Waals surface area contributed by atoms with E-state index in [-0.39, 0.29) is 11.6 Å². The summed E-state index contributed by atoms with van der Waals surface area (Å²) in [6, 6.07) is 17.1. The van der Waals surface area contributed by atoms with Crippen LogP contribution in [-0.4, -0.2) is 13.1 Å². The maximum Gasteiger partial charge on any atom is 0.319 e. The lowest BCUT2D eigenvalue weighted by Gasteiger charge is -2.20. The topological polar surface area (TPSA) is 50.4 Å². The predicted octanol–water partition coefficient (Wildman–Crippen LogP) is 3.51. The number of hydrogen-bond donors (Lipinski definition) is 2. The highest BCUT2D eigenvalue weighted by molar-refractivity contribution is 5.90. The summed E-state index contributed by atoms with van der Waals surface area (Å²) in [6.07, 6.45) is 1.85. The molecule has 0 saturated heterocycles. The number of urea groups is 1. The smallest absolute Gasteiger partial charge is 0.319 e. The summed E-state index contributed by atoms with van der Waals surface area (Å²) in [7, 11) is 1.65. The summed E-state index contributed by atoms with van der Waals surface area (Å²) in [5.74, 6) is 0.815.